The van der Waals surface area contributed by atoms with Crippen molar-refractivity contribution in [1.29, 1.82) is 0 Å². The molecule has 4 rings (SSSR count). The van der Waals surface area contributed by atoms with Crippen LogP contribution in [-0.4, -0.2) is 78.4 Å². The molecule has 0 bridgehead atoms. The van der Waals surface area contributed by atoms with Gasteiger partial charge in [-0.05, 0) is 67.6 Å². The maximum Gasteiger partial charge on any atom is 0.321 e. The summed E-state index contributed by atoms with van der Waals surface area (Å²) in [4.78, 5) is 18.4. The Labute approximate surface area is 202 Å². The van der Waals surface area contributed by atoms with Gasteiger partial charge in [-0.25, -0.2) is 22.4 Å². The lowest BCUT2D eigenvalue weighted by atomic mass is 9.89. The number of likely N-dealkylation sites (tertiary alicyclic amines) is 1. The van der Waals surface area contributed by atoms with Crippen molar-refractivity contribution in [2.45, 2.75) is 30.6 Å². The Hall–Kier alpha value is -2.91. The fourth-order valence-corrected chi connectivity index (χ4v) is 5.07. The third kappa shape index (κ3) is 4.92. The van der Waals surface area contributed by atoms with E-state index in [2.05, 4.69) is 0 Å². The highest BCUT2D eigenvalue weighted by Crippen LogP contribution is 2.42. The van der Waals surface area contributed by atoms with Crippen LogP contribution in [0.1, 0.15) is 24.0 Å². The highest BCUT2D eigenvalue weighted by molar-refractivity contribution is 5.83. The van der Waals surface area contributed by atoms with Crippen molar-refractivity contribution in [1.82, 2.24) is 14.7 Å². The van der Waals surface area contributed by atoms with Gasteiger partial charge in [-0.15, -0.1) is 0 Å². The summed E-state index contributed by atoms with van der Waals surface area (Å²) >= 11 is 0. The molecule has 0 spiro atoms. The Morgan fingerprint density at radius 1 is 1.17 bits per heavy atom. The van der Waals surface area contributed by atoms with Crippen LogP contribution < -0.4 is 0 Å². The fraction of sp³-hybridized carbons (Fsp3) is 0.423. The van der Waals surface area contributed by atoms with Crippen molar-refractivity contribution in [2.75, 3.05) is 40.3 Å². The molecule has 0 aromatic heterocycles. The number of urea groups is 1. The van der Waals surface area contributed by atoms with Crippen LogP contribution in [0.4, 0.5) is 22.4 Å². The first-order chi connectivity index (χ1) is 16.6. The van der Waals surface area contributed by atoms with Crippen LogP contribution in [0.2, 0.25) is 0 Å². The maximum absolute atomic E-state index is 14.7. The van der Waals surface area contributed by atoms with Gasteiger partial charge in [0.05, 0.1) is 6.61 Å². The lowest BCUT2D eigenvalue weighted by Crippen LogP contribution is -2.54. The van der Waals surface area contributed by atoms with Crippen LogP contribution >= 0.6 is 0 Å². The van der Waals surface area contributed by atoms with Gasteiger partial charge in [0, 0.05) is 38.2 Å². The van der Waals surface area contributed by atoms with Gasteiger partial charge in [-0.3, -0.25) is 0 Å². The van der Waals surface area contributed by atoms with E-state index >= 15 is 0 Å². The number of aliphatic hydroxyl groups is 1. The summed E-state index contributed by atoms with van der Waals surface area (Å²) < 4.78 is 57.3. The maximum atomic E-state index is 14.7. The van der Waals surface area contributed by atoms with Crippen molar-refractivity contribution >= 4 is 11.6 Å². The minimum atomic E-state index is -1.52. The molecule has 2 aliphatic rings. The molecule has 2 amide bonds. The Morgan fingerprint density at radius 2 is 1.91 bits per heavy atom. The summed E-state index contributed by atoms with van der Waals surface area (Å²) in [6, 6.07) is 7.56. The number of benzene rings is 2. The van der Waals surface area contributed by atoms with Gasteiger partial charge in [-0.1, -0.05) is 12.1 Å². The summed E-state index contributed by atoms with van der Waals surface area (Å²) in [6.45, 7) is 0.119. The van der Waals surface area contributed by atoms with Crippen molar-refractivity contribution in [3.05, 3.63) is 77.1 Å². The third-order valence-corrected chi connectivity index (χ3v) is 7.03. The number of aliphatic hydroxyl groups excluding tert-OH is 1. The van der Waals surface area contributed by atoms with Crippen molar-refractivity contribution in [2.24, 2.45) is 0 Å². The highest BCUT2D eigenvalue weighted by atomic mass is 19.1. The Morgan fingerprint density at radius 3 is 2.63 bits per heavy atom. The van der Waals surface area contributed by atoms with Crippen molar-refractivity contribution < 1.29 is 27.5 Å². The van der Waals surface area contributed by atoms with E-state index in [1.165, 1.54) is 34.1 Å². The predicted molar refractivity (Wildman–Crippen MR) is 125 cm³/mol. The predicted octanol–water partition coefficient (Wildman–Crippen LogP) is 4.17. The number of hydrogen-bond acceptors (Lipinski definition) is 3. The number of rotatable bonds is 4. The zero-order valence-electron chi connectivity index (χ0n) is 19.7. The number of nitrogens with zero attached hydrogens (tertiary/aromatic N) is 3. The molecule has 1 saturated heterocycles. The van der Waals surface area contributed by atoms with Crippen LogP contribution in [0.5, 0.6) is 0 Å². The molecule has 9 heteroatoms. The molecule has 2 aromatic rings. The molecule has 2 heterocycles. The monoisotopic (exact) mass is 491 g/mol. The number of carbonyl (C=O) groups is 1. The molecule has 3 atom stereocenters. The van der Waals surface area contributed by atoms with Crippen molar-refractivity contribution in [3.8, 4) is 0 Å². The standard InChI is InChI=1S/C26H29F4N3O2/c1-31-9-8-22(11-21(29)15-31)32(2)25(35)33-14-17(23-12-20(28)6-7-24(23)30)13-26(33,16-34)18-4-3-5-19(27)10-18/h3-7,10,12-13,21-22,34H,8-9,11,14-16H2,1-2H3/t21?,22?,26-/m1/s1. The fourth-order valence-electron chi connectivity index (χ4n) is 5.07. The van der Waals surface area contributed by atoms with Gasteiger partial charge in [0.2, 0.25) is 0 Å². The first-order valence-corrected chi connectivity index (χ1v) is 11.6. The molecule has 0 saturated carbocycles. The number of alkyl halides is 1. The quantitative estimate of drug-likeness (QED) is 0.653. The Kier molecular flexibility index (Phi) is 7.19. The lowest BCUT2D eigenvalue weighted by Gasteiger charge is -2.41. The topological polar surface area (TPSA) is 47.0 Å². The molecular weight excluding hydrogens is 462 g/mol. The second kappa shape index (κ2) is 9.99. The SMILES string of the molecule is CN1CCC(N(C)C(=O)N2CC(c3cc(F)ccc3F)=C[C@@]2(CO)c2cccc(F)c2)CC(F)C1. The van der Waals surface area contributed by atoms with E-state index in [-0.39, 0.29) is 36.2 Å². The summed E-state index contributed by atoms with van der Waals surface area (Å²) in [7, 11) is 3.39. The molecule has 2 aliphatic heterocycles. The van der Waals surface area contributed by atoms with Crippen LogP contribution in [-0.2, 0) is 5.54 Å². The van der Waals surface area contributed by atoms with E-state index in [0.29, 0.717) is 13.0 Å². The molecule has 188 valence electrons. The molecule has 2 unspecified atom stereocenters. The number of hydrogen-bond donors (Lipinski definition) is 1. The second-order valence-corrected chi connectivity index (χ2v) is 9.40. The summed E-state index contributed by atoms with van der Waals surface area (Å²) in [5.74, 6) is -1.90. The van der Waals surface area contributed by atoms with Gasteiger partial charge < -0.3 is 19.8 Å². The van der Waals surface area contributed by atoms with E-state index < -0.39 is 47.8 Å². The average molecular weight is 492 g/mol. The Balaban J connectivity index is 1.75. The molecular formula is C26H29F4N3O2. The van der Waals surface area contributed by atoms with Crippen LogP contribution in [0.3, 0.4) is 0 Å². The van der Waals surface area contributed by atoms with E-state index in [9.17, 15) is 27.5 Å². The molecule has 0 radical (unpaired) electrons. The average Bonchev–Trinajstić information content (AvgIpc) is 3.14. The van der Waals surface area contributed by atoms with Gasteiger partial charge in [0.25, 0.3) is 0 Å². The highest BCUT2D eigenvalue weighted by Gasteiger charge is 2.47. The van der Waals surface area contributed by atoms with Gasteiger partial charge in [0.15, 0.2) is 0 Å². The zero-order valence-corrected chi connectivity index (χ0v) is 19.7. The molecule has 1 N–H and O–H groups in total. The first-order valence-electron chi connectivity index (χ1n) is 11.6. The molecule has 5 nitrogen and oxygen atoms in total. The number of carbonyl (C=O) groups excluding carboxylic acids is 1. The largest absolute Gasteiger partial charge is 0.393 e. The normalized spacial score (nSPS) is 25.3. The summed E-state index contributed by atoms with van der Waals surface area (Å²) in [6.07, 6.45) is 1.09. The van der Waals surface area contributed by atoms with Crippen molar-refractivity contribution in [3.63, 3.8) is 0 Å². The summed E-state index contributed by atoms with van der Waals surface area (Å²) in [5.41, 5.74) is -0.987. The van der Waals surface area contributed by atoms with Crippen LogP contribution in [0.15, 0.2) is 48.5 Å². The second-order valence-electron chi connectivity index (χ2n) is 9.40. The first kappa shape index (κ1) is 25.2. The number of halogens is 4. The van der Waals surface area contributed by atoms with Crippen LogP contribution in [0, 0.1) is 17.5 Å². The van der Waals surface area contributed by atoms with E-state index in [4.69, 9.17) is 0 Å². The van der Waals surface area contributed by atoms with Crippen LogP contribution in [0.25, 0.3) is 5.57 Å². The molecule has 2 aromatic carbocycles. The zero-order chi connectivity index (χ0) is 25.3. The third-order valence-electron chi connectivity index (χ3n) is 7.03. The molecule has 0 aliphatic carbocycles. The minimum Gasteiger partial charge on any atom is -0.393 e. The molecule has 35 heavy (non-hydrogen) atoms. The van der Waals surface area contributed by atoms with E-state index in [0.717, 1.165) is 18.2 Å². The van der Waals surface area contributed by atoms with Gasteiger partial charge >= 0.3 is 6.03 Å². The van der Waals surface area contributed by atoms with E-state index in [1.54, 1.807) is 13.1 Å². The summed E-state index contributed by atoms with van der Waals surface area (Å²) in [5, 5.41) is 10.6. The van der Waals surface area contributed by atoms with E-state index in [1.807, 2.05) is 11.9 Å². The lowest BCUT2D eigenvalue weighted by molar-refractivity contribution is 0.0756. The van der Waals surface area contributed by atoms with Gasteiger partial charge in [-0.2, -0.15) is 0 Å². The smallest absolute Gasteiger partial charge is 0.321 e. The minimum absolute atomic E-state index is 0.0444. The van der Waals surface area contributed by atoms with Gasteiger partial charge in [0.1, 0.15) is 29.2 Å². The molecule has 1 fully saturated rings. The number of amides is 2. The Bertz CT molecular complexity index is 1130.